The van der Waals surface area contributed by atoms with Crippen molar-refractivity contribution >= 4 is 11.6 Å². The van der Waals surface area contributed by atoms with E-state index < -0.39 is 0 Å². The van der Waals surface area contributed by atoms with Crippen LogP contribution in [0.15, 0.2) is 30.5 Å². The van der Waals surface area contributed by atoms with E-state index in [1.165, 1.54) is 5.56 Å². The molecule has 0 atom stereocenters. The monoisotopic (exact) mass is 363 g/mol. The molecule has 0 N–H and O–H groups in total. The second-order valence-electron chi connectivity index (χ2n) is 6.53. The van der Waals surface area contributed by atoms with E-state index in [1.54, 1.807) is 7.11 Å². The maximum atomic E-state index is 6.15. The van der Waals surface area contributed by atoms with Gasteiger partial charge in [-0.15, -0.1) is 0 Å². The number of piperidine rings is 1. The molecular weight excluding hydrogens is 338 g/mol. The molecule has 1 aromatic heterocycles. The van der Waals surface area contributed by atoms with Gasteiger partial charge in [-0.2, -0.15) is 5.10 Å². The fourth-order valence-electron chi connectivity index (χ4n) is 3.31. The van der Waals surface area contributed by atoms with Crippen molar-refractivity contribution in [2.45, 2.75) is 25.5 Å². The van der Waals surface area contributed by atoms with Crippen LogP contribution in [0.3, 0.4) is 0 Å². The van der Waals surface area contributed by atoms with Crippen LogP contribution in [0.1, 0.15) is 18.4 Å². The molecule has 0 bridgehead atoms. The number of benzene rings is 1. The molecule has 1 aliphatic rings. The maximum absolute atomic E-state index is 6.15. The molecule has 1 aliphatic heterocycles. The van der Waals surface area contributed by atoms with Crippen LogP contribution >= 0.6 is 11.6 Å². The molecule has 25 heavy (non-hydrogen) atoms. The molecule has 3 rings (SSSR count). The number of methoxy groups -OCH3 is 1. The summed E-state index contributed by atoms with van der Waals surface area (Å²) in [6.45, 7) is 4.34. The standard InChI is InChI=1S/C19H26ClN3O2/c1-22-13-16(19(21-22)15-4-3-5-17(20)12-15)14-23-8-6-18(7-9-23)25-11-10-24-2/h3-5,12-13,18H,6-11,14H2,1-2H3. The summed E-state index contributed by atoms with van der Waals surface area (Å²) in [6.07, 6.45) is 4.59. The zero-order valence-corrected chi connectivity index (χ0v) is 15.7. The molecule has 1 saturated heterocycles. The average Bonchev–Trinajstić information content (AvgIpc) is 2.97. The minimum atomic E-state index is 0.354. The first-order chi connectivity index (χ1) is 12.2. The lowest BCUT2D eigenvalue weighted by Crippen LogP contribution is -2.37. The Labute approximate surface area is 154 Å². The predicted molar refractivity (Wildman–Crippen MR) is 99.8 cm³/mol. The van der Waals surface area contributed by atoms with E-state index in [4.69, 9.17) is 21.1 Å². The van der Waals surface area contributed by atoms with Crippen molar-refractivity contribution in [3.8, 4) is 11.3 Å². The van der Waals surface area contributed by atoms with E-state index >= 15 is 0 Å². The smallest absolute Gasteiger partial charge is 0.0968 e. The van der Waals surface area contributed by atoms with Gasteiger partial charge in [0.25, 0.3) is 0 Å². The summed E-state index contributed by atoms with van der Waals surface area (Å²) in [5.74, 6) is 0. The summed E-state index contributed by atoms with van der Waals surface area (Å²) in [7, 11) is 3.67. The largest absolute Gasteiger partial charge is 0.382 e. The molecular formula is C19H26ClN3O2. The highest BCUT2D eigenvalue weighted by molar-refractivity contribution is 6.30. The van der Waals surface area contributed by atoms with Crippen LogP contribution in [-0.2, 0) is 23.1 Å². The molecule has 0 saturated carbocycles. The second kappa shape index (κ2) is 8.81. The fraction of sp³-hybridized carbons (Fsp3) is 0.526. The number of hydrogen-bond donors (Lipinski definition) is 0. The number of aromatic nitrogens is 2. The van der Waals surface area contributed by atoms with Gasteiger partial charge in [-0.3, -0.25) is 9.58 Å². The van der Waals surface area contributed by atoms with Crippen LogP contribution in [0.2, 0.25) is 5.02 Å². The number of ether oxygens (including phenoxy) is 2. The third-order valence-corrected chi connectivity index (χ3v) is 4.81. The van der Waals surface area contributed by atoms with Gasteiger partial charge >= 0.3 is 0 Å². The van der Waals surface area contributed by atoms with Crippen molar-refractivity contribution in [1.29, 1.82) is 0 Å². The number of rotatable bonds is 7. The Morgan fingerprint density at radius 1 is 1.24 bits per heavy atom. The molecule has 0 spiro atoms. The maximum Gasteiger partial charge on any atom is 0.0968 e. The summed E-state index contributed by atoms with van der Waals surface area (Å²) in [4.78, 5) is 2.47. The average molecular weight is 364 g/mol. The number of aryl methyl sites for hydroxylation is 1. The first-order valence-electron chi connectivity index (χ1n) is 8.77. The summed E-state index contributed by atoms with van der Waals surface area (Å²) in [5, 5.41) is 5.38. The SMILES string of the molecule is COCCOC1CCN(Cc2cn(C)nc2-c2cccc(Cl)c2)CC1. The van der Waals surface area contributed by atoms with E-state index in [0.717, 1.165) is 48.8 Å². The number of likely N-dealkylation sites (tertiary alicyclic amines) is 1. The van der Waals surface area contributed by atoms with Crippen LogP contribution in [0.4, 0.5) is 0 Å². The lowest BCUT2D eigenvalue weighted by Gasteiger charge is -2.31. The Morgan fingerprint density at radius 3 is 2.76 bits per heavy atom. The van der Waals surface area contributed by atoms with Crippen LogP contribution in [0, 0.1) is 0 Å². The molecule has 0 radical (unpaired) electrons. The van der Waals surface area contributed by atoms with E-state index in [-0.39, 0.29) is 0 Å². The van der Waals surface area contributed by atoms with Gasteiger partial charge in [0.1, 0.15) is 0 Å². The summed E-state index contributed by atoms with van der Waals surface area (Å²) >= 11 is 6.15. The Bertz CT molecular complexity index is 681. The minimum Gasteiger partial charge on any atom is -0.382 e. The third-order valence-electron chi connectivity index (χ3n) is 4.57. The molecule has 2 aromatic rings. The topological polar surface area (TPSA) is 39.5 Å². The Kier molecular flexibility index (Phi) is 6.48. The Balaban J connectivity index is 1.61. The summed E-state index contributed by atoms with van der Waals surface area (Å²) in [5.41, 5.74) is 3.33. The fourth-order valence-corrected chi connectivity index (χ4v) is 3.50. The highest BCUT2D eigenvalue weighted by Crippen LogP contribution is 2.26. The Hall–Kier alpha value is -1.40. The minimum absolute atomic E-state index is 0.354. The number of nitrogens with zero attached hydrogens (tertiary/aromatic N) is 3. The van der Waals surface area contributed by atoms with Crippen molar-refractivity contribution in [2.75, 3.05) is 33.4 Å². The molecule has 6 heteroatoms. The van der Waals surface area contributed by atoms with Gasteiger partial charge in [-0.1, -0.05) is 23.7 Å². The van der Waals surface area contributed by atoms with Gasteiger partial charge in [0, 0.05) is 56.1 Å². The third kappa shape index (κ3) is 5.05. The lowest BCUT2D eigenvalue weighted by atomic mass is 10.0. The molecule has 5 nitrogen and oxygen atoms in total. The lowest BCUT2D eigenvalue weighted by molar-refractivity contribution is -0.0157. The molecule has 1 aromatic carbocycles. The van der Waals surface area contributed by atoms with Crippen molar-refractivity contribution in [2.24, 2.45) is 7.05 Å². The molecule has 1 fully saturated rings. The van der Waals surface area contributed by atoms with Gasteiger partial charge < -0.3 is 9.47 Å². The number of hydrogen-bond acceptors (Lipinski definition) is 4. The molecule has 0 amide bonds. The van der Waals surface area contributed by atoms with Gasteiger partial charge in [0.15, 0.2) is 0 Å². The van der Waals surface area contributed by atoms with Crippen LogP contribution in [0.25, 0.3) is 11.3 Å². The van der Waals surface area contributed by atoms with E-state index in [9.17, 15) is 0 Å². The summed E-state index contributed by atoms with van der Waals surface area (Å²) in [6, 6.07) is 7.90. The highest BCUT2D eigenvalue weighted by atomic mass is 35.5. The van der Waals surface area contributed by atoms with Gasteiger partial charge in [0.2, 0.25) is 0 Å². The molecule has 2 heterocycles. The van der Waals surface area contributed by atoms with Crippen LogP contribution in [-0.4, -0.2) is 54.2 Å². The van der Waals surface area contributed by atoms with E-state index in [2.05, 4.69) is 22.3 Å². The van der Waals surface area contributed by atoms with Crippen LogP contribution < -0.4 is 0 Å². The molecule has 0 unspecified atom stereocenters. The van der Waals surface area contributed by atoms with Crippen molar-refractivity contribution in [3.05, 3.63) is 41.0 Å². The first kappa shape index (κ1) is 18.4. The van der Waals surface area contributed by atoms with Gasteiger partial charge in [0.05, 0.1) is 25.0 Å². The second-order valence-corrected chi connectivity index (χ2v) is 6.96. The van der Waals surface area contributed by atoms with Crippen molar-refractivity contribution < 1.29 is 9.47 Å². The predicted octanol–water partition coefficient (Wildman–Crippen LogP) is 3.37. The zero-order valence-electron chi connectivity index (χ0n) is 14.9. The highest BCUT2D eigenvalue weighted by Gasteiger charge is 2.21. The van der Waals surface area contributed by atoms with Crippen molar-refractivity contribution in [1.82, 2.24) is 14.7 Å². The van der Waals surface area contributed by atoms with Crippen LogP contribution in [0.5, 0.6) is 0 Å². The van der Waals surface area contributed by atoms with Gasteiger partial charge in [-0.05, 0) is 25.0 Å². The molecule has 136 valence electrons. The quantitative estimate of drug-likeness (QED) is 0.707. The zero-order chi connectivity index (χ0) is 17.6. The van der Waals surface area contributed by atoms with E-state index in [0.29, 0.717) is 19.3 Å². The summed E-state index contributed by atoms with van der Waals surface area (Å²) < 4.78 is 12.8. The Morgan fingerprint density at radius 2 is 2.04 bits per heavy atom. The van der Waals surface area contributed by atoms with Crippen molar-refractivity contribution in [3.63, 3.8) is 0 Å². The first-order valence-corrected chi connectivity index (χ1v) is 9.15. The van der Waals surface area contributed by atoms with Gasteiger partial charge in [-0.25, -0.2) is 0 Å². The molecule has 0 aliphatic carbocycles. The van der Waals surface area contributed by atoms with E-state index in [1.807, 2.05) is 29.9 Å². The normalized spacial score (nSPS) is 16.4. The number of halogens is 1.